The number of likely N-dealkylation sites (N-methyl/N-ethyl adjacent to an activating group) is 1. The summed E-state index contributed by atoms with van der Waals surface area (Å²) >= 11 is 0. The average molecular weight is 241 g/mol. The molecule has 0 amide bonds. The molecule has 1 aliphatic rings. The van der Waals surface area contributed by atoms with Crippen LogP contribution in [0.2, 0.25) is 0 Å². The zero-order chi connectivity index (χ0) is 12.8. The highest BCUT2D eigenvalue weighted by atomic mass is 16.3. The van der Waals surface area contributed by atoms with Gasteiger partial charge in [-0.05, 0) is 42.8 Å². The Labute approximate surface area is 108 Å². The van der Waals surface area contributed by atoms with Crippen LogP contribution in [-0.4, -0.2) is 29.6 Å². The summed E-state index contributed by atoms with van der Waals surface area (Å²) in [5, 5.41) is 13.2. The maximum Gasteiger partial charge on any atom is 0.104 e. The van der Waals surface area contributed by atoms with E-state index in [9.17, 15) is 5.11 Å². The minimum absolute atomic E-state index is 0.432. The third-order valence-corrected chi connectivity index (χ3v) is 4.18. The lowest BCUT2D eigenvalue weighted by Crippen LogP contribution is -2.29. The molecule has 3 rings (SSSR count). The summed E-state index contributed by atoms with van der Waals surface area (Å²) in [7, 11) is 2.07. The van der Waals surface area contributed by atoms with Gasteiger partial charge in [-0.15, -0.1) is 0 Å². The zero-order valence-corrected chi connectivity index (χ0v) is 10.9. The summed E-state index contributed by atoms with van der Waals surface area (Å²) in [6, 6.07) is 15.0. The van der Waals surface area contributed by atoms with E-state index in [2.05, 4.69) is 49.2 Å². The smallest absolute Gasteiger partial charge is 0.104 e. The number of rotatable bonds is 1. The first kappa shape index (κ1) is 11.7. The first-order valence-corrected chi connectivity index (χ1v) is 6.50. The minimum Gasteiger partial charge on any atom is -0.384 e. The molecule has 1 aliphatic heterocycles. The number of aliphatic hydroxyl groups is 1. The molecule has 0 radical (unpaired) electrons. The number of nitrogens with zero attached hydrogens (tertiary/aromatic N) is 1. The average Bonchev–Trinajstić information content (AvgIpc) is 2.64. The predicted molar refractivity (Wildman–Crippen MR) is 74.6 cm³/mol. The standard InChI is InChI=1S/C16H19NO/c1-12-10-16(18,11-17(12)2)15-8-7-13-5-3-4-6-14(13)9-15/h3-9,12,18H,10-11H2,1-2H3. The van der Waals surface area contributed by atoms with Gasteiger partial charge >= 0.3 is 0 Å². The Morgan fingerprint density at radius 1 is 1.17 bits per heavy atom. The Kier molecular flexibility index (Phi) is 2.65. The summed E-state index contributed by atoms with van der Waals surface area (Å²) in [6.45, 7) is 2.88. The fourth-order valence-corrected chi connectivity index (χ4v) is 2.97. The van der Waals surface area contributed by atoms with Crippen LogP contribution in [-0.2, 0) is 5.60 Å². The van der Waals surface area contributed by atoms with Crippen LogP contribution in [0.3, 0.4) is 0 Å². The quantitative estimate of drug-likeness (QED) is 0.830. The lowest BCUT2D eigenvalue weighted by molar-refractivity contribution is 0.0487. The summed E-state index contributed by atoms with van der Waals surface area (Å²) in [5.74, 6) is 0. The van der Waals surface area contributed by atoms with Gasteiger partial charge in [0.25, 0.3) is 0 Å². The van der Waals surface area contributed by atoms with E-state index >= 15 is 0 Å². The molecule has 18 heavy (non-hydrogen) atoms. The summed E-state index contributed by atoms with van der Waals surface area (Å²) in [5.41, 5.74) is 0.343. The largest absolute Gasteiger partial charge is 0.384 e. The van der Waals surface area contributed by atoms with Crippen LogP contribution in [0.4, 0.5) is 0 Å². The molecule has 1 heterocycles. The highest BCUT2D eigenvalue weighted by Gasteiger charge is 2.40. The highest BCUT2D eigenvalue weighted by molar-refractivity contribution is 5.83. The van der Waals surface area contributed by atoms with Gasteiger partial charge in [0, 0.05) is 12.6 Å². The van der Waals surface area contributed by atoms with Gasteiger partial charge in [0.2, 0.25) is 0 Å². The van der Waals surface area contributed by atoms with Crippen molar-refractivity contribution in [1.82, 2.24) is 4.90 Å². The van der Waals surface area contributed by atoms with Gasteiger partial charge in [-0.1, -0.05) is 36.4 Å². The van der Waals surface area contributed by atoms with Crippen molar-refractivity contribution in [3.05, 3.63) is 48.0 Å². The molecule has 94 valence electrons. The third-order valence-electron chi connectivity index (χ3n) is 4.18. The lowest BCUT2D eigenvalue weighted by Gasteiger charge is -2.23. The molecule has 2 unspecified atom stereocenters. The van der Waals surface area contributed by atoms with Crippen LogP contribution in [0, 0.1) is 0 Å². The summed E-state index contributed by atoms with van der Waals surface area (Å²) < 4.78 is 0. The number of hydrogen-bond acceptors (Lipinski definition) is 2. The van der Waals surface area contributed by atoms with Crippen molar-refractivity contribution in [2.75, 3.05) is 13.6 Å². The van der Waals surface area contributed by atoms with Crippen molar-refractivity contribution in [1.29, 1.82) is 0 Å². The Bertz CT molecular complexity index is 568. The third kappa shape index (κ3) is 1.82. The number of likely N-dealkylation sites (tertiary alicyclic amines) is 1. The molecule has 1 saturated heterocycles. The molecular weight excluding hydrogens is 222 g/mol. The van der Waals surface area contributed by atoms with Gasteiger partial charge in [-0.25, -0.2) is 0 Å². The second-order valence-electron chi connectivity index (χ2n) is 5.56. The molecule has 2 aromatic rings. The van der Waals surface area contributed by atoms with E-state index in [0.29, 0.717) is 12.6 Å². The van der Waals surface area contributed by atoms with Crippen molar-refractivity contribution in [2.45, 2.75) is 25.0 Å². The van der Waals surface area contributed by atoms with Gasteiger partial charge in [-0.3, -0.25) is 0 Å². The Hall–Kier alpha value is -1.38. The van der Waals surface area contributed by atoms with E-state index in [1.165, 1.54) is 10.8 Å². The number of β-amino-alcohol motifs (C(OH)–C–C–N with tert-alkyl or cyclic N) is 1. The van der Waals surface area contributed by atoms with E-state index < -0.39 is 5.60 Å². The number of benzene rings is 2. The molecule has 1 N–H and O–H groups in total. The topological polar surface area (TPSA) is 23.5 Å². The van der Waals surface area contributed by atoms with E-state index in [1.807, 2.05) is 12.1 Å². The van der Waals surface area contributed by atoms with Crippen LogP contribution in [0.15, 0.2) is 42.5 Å². The second-order valence-corrected chi connectivity index (χ2v) is 5.56. The molecule has 2 atom stereocenters. The first-order chi connectivity index (χ1) is 8.58. The first-order valence-electron chi connectivity index (χ1n) is 6.50. The molecule has 2 aromatic carbocycles. The minimum atomic E-state index is -0.696. The van der Waals surface area contributed by atoms with Crippen molar-refractivity contribution in [3.8, 4) is 0 Å². The fourth-order valence-electron chi connectivity index (χ4n) is 2.97. The summed E-state index contributed by atoms with van der Waals surface area (Å²) in [4.78, 5) is 2.22. The number of fused-ring (bicyclic) bond motifs is 1. The lowest BCUT2D eigenvalue weighted by atomic mass is 9.90. The van der Waals surface area contributed by atoms with Crippen molar-refractivity contribution >= 4 is 10.8 Å². The van der Waals surface area contributed by atoms with Crippen LogP contribution >= 0.6 is 0 Å². The van der Waals surface area contributed by atoms with Crippen molar-refractivity contribution in [2.24, 2.45) is 0 Å². The second kappa shape index (κ2) is 4.08. The van der Waals surface area contributed by atoms with Gasteiger partial charge in [-0.2, -0.15) is 0 Å². The van der Waals surface area contributed by atoms with E-state index in [0.717, 1.165) is 12.0 Å². The van der Waals surface area contributed by atoms with Crippen LogP contribution < -0.4 is 0 Å². The van der Waals surface area contributed by atoms with Crippen LogP contribution in [0.1, 0.15) is 18.9 Å². The normalized spacial score (nSPS) is 28.9. The molecule has 1 fully saturated rings. The molecule has 0 aromatic heterocycles. The zero-order valence-electron chi connectivity index (χ0n) is 10.9. The summed E-state index contributed by atoms with van der Waals surface area (Å²) in [6.07, 6.45) is 0.807. The van der Waals surface area contributed by atoms with E-state index in [4.69, 9.17) is 0 Å². The van der Waals surface area contributed by atoms with Gasteiger partial charge in [0.05, 0.1) is 0 Å². The predicted octanol–water partition coefficient (Wildman–Crippen LogP) is 2.75. The van der Waals surface area contributed by atoms with Crippen molar-refractivity contribution in [3.63, 3.8) is 0 Å². The molecule has 2 heteroatoms. The Balaban J connectivity index is 2.04. The Morgan fingerprint density at radius 2 is 1.89 bits per heavy atom. The fraction of sp³-hybridized carbons (Fsp3) is 0.375. The molecule has 0 spiro atoms. The monoisotopic (exact) mass is 241 g/mol. The van der Waals surface area contributed by atoms with Gasteiger partial charge in [0.1, 0.15) is 5.60 Å². The molecule has 0 bridgehead atoms. The number of hydrogen-bond donors (Lipinski definition) is 1. The van der Waals surface area contributed by atoms with Crippen LogP contribution in [0.5, 0.6) is 0 Å². The highest BCUT2D eigenvalue weighted by Crippen LogP contribution is 2.35. The Morgan fingerprint density at radius 3 is 2.56 bits per heavy atom. The van der Waals surface area contributed by atoms with Gasteiger partial charge < -0.3 is 10.0 Å². The molecule has 2 nitrogen and oxygen atoms in total. The van der Waals surface area contributed by atoms with Gasteiger partial charge in [0.15, 0.2) is 0 Å². The van der Waals surface area contributed by atoms with Crippen LogP contribution in [0.25, 0.3) is 10.8 Å². The maximum absolute atomic E-state index is 10.8. The molecule has 0 saturated carbocycles. The maximum atomic E-state index is 10.8. The van der Waals surface area contributed by atoms with E-state index in [1.54, 1.807) is 0 Å². The van der Waals surface area contributed by atoms with Crippen molar-refractivity contribution < 1.29 is 5.11 Å². The SMILES string of the molecule is CC1CC(O)(c2ccc3ccccc3c2)CN1C. The van der Waals surface area contributed by atoms with E-state index in [-0.39, 0.29) is 0 Å². The molecular formula is C16H19NO. The molecule has 0 aliphatic carbocycles.